The lowest BCUT2D eigenvalue weighted by Crippen LogP contribution is -2.36. The van der Waals surface area contributed by atoms with Gasteiger partial charge in [-0.2, -0.15) is 0 Å². The smallest absolute Gasteiger partial charge is 0.191 e. The second kappa shape index (κ2) is 9.19. The number of hydrogen-bond donors (Lipinski definition) is 2. The van der Waals surface area contributed by atoms with Gasteiger partial charge in [-0.25, -0.2) is 13.4 Å². The first-order valence-electron chi connectivity index (χ1n) is 8.36. The van der Waals surface area contributed by atoms with Crippen molar-refractivity contribution >= 4 is 31.7 Å². The van der Waals surface area contributed by atoms with Gasteiger partial charge >= 0.3 is 0 Å². The molecular formula is C19H24BrN3O2S. The van der Waals surface area contributed by atoms with E-state index in [-0.39, 0.29) is 0 Å². The van der Waals surface area contributed by atoms with Crippen molar-refractivity contribution in [1.82, 2.24) is 10.6 Å². The van der Waals surface area contributed by atoms with Crippen LogP contribution >= 0.6 is 15.9 Å². The molecular weight excluding hydrogens is 414 g/mol. The van der Waals surface area contributed by atoms with E-state index in [0.717, 1.165) is 33.7 Å². The maximum atomic E-state index is 11.7. The Bertz CT molecular complexity index is 895. The third kappa shape index (κ3) is 6.14. The van der Waals surface area contributed by atoms with Gasteiger partial charge in [-0.3, -0.25) is 0 Å². The number of sulfone groups is 1. The van der Waals surface area contributed by atoms with Crippen molar-refractivity contribution in [3.63, 3.8) is 0 Å². The summed E-state index contributed by atoms with van der Waals surface area (Å²) in [7, 11) is -3.19. The quantitative estimate of drug-likeness (QED) is 0.536. The third-order valence-corrected chi connectivity index (χ3v) is 5.50. The number of halogens is 1. The van der Waals surface area contributed by atoms with E-state index in [1.807, 2.05) is 50.2 Å². The van der Waals surface area contributed by atoms with Crippen LogP contribution in [0.4, 0.5) is 0 Å². The molecule has 5 nitrogen and oxygen atoms in total. The Labute approximate surface area is 164 Å². The molecule has 0 unspecified atom stereocenters. The van der Waals surface area contributed by atoms with E-state index in [4.69, 9.17) is 0 Å². The van der Waals surface area contributed by atoms with Crippen molar-refractivity contribution in [1.29, 1.82) is 0 Å². The standard InChI is InChI=1S/C19H24BrN3O2S/c1-4-21-19(22-12-15-6-5-7-17(20)11-15)23-13-16-8-9-18(14(2)10-16)26(3,24)25/h5-11H,4,12-13H2,1-3H3,(H2,21,22,23). The Morgan fingerprint density at radius 3 is 2.50 bits per heavy atom. The molecule has 0 fully saturated rings. The van der Waals surface area contributed by atoms with Gasteiger partial charge in [0.25, 0.3) is 0 Å². The molecule has 2 rings (SSSR count). The van der Waals surface area contributed by atoms with Crippen LogP contribution in [0.2, 0.25) is 0 Å². The summed E-state index contributed by atoms with van der Waals surface area (Å²) >= 11 is 3.47. The Morgan fingerprint density at radius 1 is 1.12 bits per heavy atom. The van der Waals surface area contributed by atoms with Crippen LogP contribution in [-0.4, -0.2) is 27.2 Å². The average molecular weight is 438 g/mol. The number of aliphatic imine (C=N–C) groups is 1. The number of guanidine groups is 1. The Morgan fingerprint density at radius 2 is 1.88 bits per heavy atom. The van der Waals surface area contributed by atoms with Crippen LogP contribution in [-0.2, 0) is 22.9 Å². The van der Waals surface area contributed by atoms with E-state index < -0.39 is 9.84 Å². The SMILES string of the molecule is CCNC(=NCc1cccc(Br)c1)NCc1ccc(S(C)(=O)=O)c(C)c1. The maximum Gasteiger partial charge on any atom is 0.191 e. The highest BCUT2D eigenvalue weighted by atomic mass is 79.9. The predicted molar refractivity (Wildman–Crippen MR) is 110 cm³/mol. The van der Waals surface area contributed by atoms with Crippen molar-refractivity contribution in [2.24, 2.45) is 4.99 Å². The van der Waals surface area contributed by atoms with Gasteiger partial charge in [0.05, 0.1) is 11.4 Å². The summed E-state index contributed by atoms with van der Waals surface area (Å²) in [6.07, 6.45) is 1.23. The summed E-state index contributed by atoms with van der Waals surface area (Å²) in [5, 5.41) is 6.50. The molecule has 0 aromatic heterocycles. The van der Waals surface area contributed by atoms with Crippen molar-refractivity contribution < 1.29 is 8.42 Å². The molecule has 0 amide bonds. The van der Waals surface area contributed by atoms with E-state index in [9.17, 15) is 8.42 Å². The number of nitrogens with one attached hydrogen (secondary N) is 2. The molecule has 2 N–H and O–H groups in total. The van der Waals surface area contributed by atoms with Gasteiger partial charge in [-0.1, -0.05) is 40.2 Å². The summed E-state index contributed by atoms with van der Waals surface area (Å²) in [5.41, 5.74) is 2.87. The van der Waals surface area contributed by atoms with Gasteiger partial charge in [-0.15, -0.1) is 0 Å². The van der Waals surface area contributed by atoms with Crippen LogP contribution in [0, 0.1) is 6.92 Å². The first-order chi connectivity index (χ1) is 12.3. The molecule has 0 atom stereocenters. The number of benzene rings is 2. The minimum atomic E-state index is -3.19. The highest BCUT2D eigenvalue weighted by molar-refractivity contribution is 9.10. The molecule has 140 valence electrons. The summed E-state index contributed by atoms with van der Waals surface area (Å²) in [6, 6.07) is 13.4. The Hall–Kier alpha value is -1.86. The Balaban J connectivity index is 2.06. The zero-order chi connectivity index (χ0) is 19.2. The van der Waals surface area contributed by atoms with Crippen molar-refractivity contribution in [3.05, 3.63) is 63.6 Å². The highest BCUT2D eigenvalue weighted by Gasteiger charge is 2.10. The molecule has 0 saturated carbocycles. The van der Waals surface area contributed by atoms with Crippen molar-refractivity contribution in [3.8, 4) is 0 Å². The van der Waals surface area contributed by atoms with Gasteiger partial charge in [0.1, 0.15) is 0 Å². The molecule has 2 aromatic rings. The van der Waals surface area contributed by atoms with Gasteiger partial charge in [-0.05, 0) is 48.7 Å². The van der Waals surface area contributed by atoms with E-state index >= 15 is 0 Å². The first-order valence-corrected chi connectivity index (χ1v) is 11.0. The number of aryl methyl sites for hydroxylation is 1. The molecule has 0 saturated heterocycles. The molecule has 0 spiro atoms. The predicted octanol–water partition coefficient (Wildman–Crippen LogP) is 3.42. The van der Waals surface area contributed by atoms with Crippen molar-refractivity contribution in [2.45, 2.75) is 31.8 Å². The fourth-order valence-electron chi connectivity index (χ4n) is 2.57. The zero-order valence-corrected chi connectivity index (χ0v) is 17.6. The van der Waals surface area contributed by atoms with Gasteiger partial charge in [0.2, 0.25) is 0 Å². The van der Waals surface area contributed by atoms with E-state index in [0.29, 0.717) is 18.0 Å². The zero-order valence-electron chi connectivity index (χ0n) is 15.2. The van der Waals surface area contributed by atoms with Crippen LogP contribution in [0.3, 0.4) is 0 Å². The molecule has 0 heterocycles. The number of rotatable bonds is 6. The lowest BCUT2D eigenvalue weighted by atomic mass is 10.1. The molecule has 0 aliphatic carbocycles. The van der Waals surface area contributed by atoms with Crippen LogP contribution in [0.5, 0.6) is 0 Å². The fourth-order valence-corrected chi connectivity index (χ4v) is 3.98. The number of hydrogen-bond acceptors (Lipinski definition) is 3. The third-order valence-electron chi connectivity index (χ3n) is 3.75. The second-order valence-electron chi connectivity index (χ2n) is 6.05. The first kappa shape index (κ1) is 20.5. The highest BCUT2D eigenvalue weighted by Crippen LogP contribution is 2.16. The second-order valence-corrected chi connectivity index (χ2v) is 8.95. The summed E-state index contributed by atoms with van der Waals surface area (Å²) in [4.78, 5) is 4.97. The summed E-state index contributed by atoms with van der Waals surface area (Å²) in [5.74, 6) is 0.720. The van der Waals surface area contributed by atoms with Crippen LogP contribution in [0.1, 0.15) is 23.6 Å². The average Bonchev–Trinajstić information content (AvgIpc) is 2.56. The van der Waals surface area contributed by atoms with Gasteiger partial charge in [0, 0.05) is 23.8 Å². The lowest BCUT2D eigenvalue weighted by Gasteiger charge is -2.13. The molecule has 2 aromatic carbocycles. The van der Waals surface area contributed by atoms with Crippen LogP contribution < -0.4 is 10.6 Å². The molecule has 0 aliphatic rings. The topological polar surface area (TPSA) is 70.6 Å². The minimum absolute atomic E-state index is 0.372. The van der Waals surface area contributed by atoms with Gasteiger partial charge < -0.3 is 10.6 Å². The fraction of sp³-hybridized carbons (Fsp3) is 0.316. The van der Waals surface area contributed by atoms with E-state index in [1.165, 1.54) is 6.26 Å². The molecule has 0 bridgehead atoms. The lowest BCUT2D eigenvalue weighted by molar-refractivity contribution is 0.601. The van der Waals surface area contributed by atoms with Crippen LogP contribution in [0.25, 0.3) is 0 Å². The van der Waals surface area contributed by atoms with Gasteiger partial charge in [0.15, 0.2) is 15.8 Å². The monoisotopic (exact) mass is 437 g/mol. The molecule has 7 heteroatoms. The summed E-state index contributed by atoms with van der Waals surface area (Å²) < 4.78 is 24.5. The largest absolute Gasteiger partial charge is 0.357 e. The number of nitrogens with zero attached hydrogens (tertiary/aromatic N) is 1. The van der Waals surface area contributed by atoms with Crippen molar-refractivity contribution in [2.75, 3.05) is 12.8 Å². The molecule has 26 heavy (non-hydrogen) atoms. The van der Waals surface area contributed by atoms with E-state index in [2.05, 4.69) is 31.6 Å². The van der Waals surface area contributed by atoms with E-state index in [1.54, 1.807) is 6.07 Å². The normalized spacial score (nSPS) is 12.1. The maximum absolute atomic E-state index is 11.7. The molecule has 0 radical (unpaired) electrons. The minimum Gasteiger partial charge on any atom is -0.357 e. The summed E-state index contributed by atoms with van der Waals surface area (Å²) in [6.45, 7) is 5.72. The molecule has 0 aliphatic heterocycles. The van der Waals surface area contributed by atoms with Crippen LogP contribution in [0.15, 0.2) is 56.8 Å². The Kier molecular flexibility index (Phi) is 7.23.